The van der Waals surface area contributed by atoms with E-state index in [2.05, 4.69) is 39.7 Å². The zero-order valence-corrected chi connectivity index (χ0v) is 13.5. The normalized spacial score (nSPS) is 16.4. The SMILES string of the molecule is CCC(C)N(CCOC)c1cc(Br)nc(C2CC2)n1. The summed E-state index contributed by atoms with van der Waals surface area (Å²) in [6, 6.07) is 2.46. The molecule has 5 heteroatoms. The molecule has 4 nitrogen and oxygen atoms in total. The Labute approximate surface area is 123 Å². The molecule has 0 spiro atoms. The highest BCUT2D eigenvalue weighted by atomic mass is 79.9. The van der Waals surface area contributed by atoms with E-state index in [1.807, 2.05) is 6.07 Å². The Morgan fingerprint density at radius 3 is 2.79 bits per heavy atom. The van der Waals surface area contributed by atoms with Crippen LogP contribution < -0.4 is 4.90 Å². The second kappa shape index (κ2) is 6.66. The van der Waals surface area contributed by atoms with E-state index in [0.29, 0.717) is 18.6 Å². The highest BCUT2D eigenvalue weighted by Gasteiger charge is 2.28. The highest BCUT2D eigenvalue weighted by Crippen LogP contribution is 2.39. The summed E-state index contributed by atoms with van der Waals surface area (Å²) in [6.45, 7) is 5.99. The van der Waals surface area contributed by atoms with Crippen LogP contribution in [0.4, 0.5) is 5.82 Å². The number of aromatic nitrogens is 2. The van der Waals surface area contributed by atoms with E-state index in [4.69, 9.17) is 9.72 Å². The lowest BCUT2D eigenvalue weighted by atomic mass is 10.2. The van der Waals surface area contributed by atoms with Crippen molar-refractivity contribution in [3.05, 3.63) is 16.5 Å². The van der Waals surface area contributed by atoms with E-state index in [0.717, 1.165) is 29.2 Å². The number of nitrogens with zero attached hydrogens (tertiary/aromatic N) is 3. The smallest absolute Gasteiger partial charge is 0.135 e. The van der Waals surface area contributed by atoms with Crippen LogP contribution in [-0.4, -0.2) is 36.3 Å². The maximum atomic E-state index is 5.21. The molecule has 0 aliphatic heterocycles. The van der Waals surface area contributed by atoms with Crippen LogP contribution in [0.25, 0.3) is 0 Å². The van der Waals surface area contributed by atoms with Gasteiger partial charge >= 0.3 is 0 Å². The summed E-state index contributed by atoms with van der Waals surface area (Å²) in [5.74, 6) is 2.56. The Morgan fingerprint density at radius 1 is 1.47 bits per heavy atom. The van der Waals surface area contributed by atoms with Gasteiger partial charge in [-0.25, -0.2) is 9.97 Å². The fourth-order valence-electron chi connectivity index (χ4n) is 2.06. The minimum Gasteiger partial charge on any atom is -0.383 e. The van der Waals surface area contributed by atoms with Gasteiger partial charge in [0.2, 0.25) is 0 Å². The average Bonchev–Trinajstić information content (AvgIpc) is 3.22. The van der Waals surface area contributed by atoms with Crippen molar-refractivity contribution < 1.29 is 4.74 Å². The zero-order valence-electron chi connectivity index (χ0n) is 11.9. The quantitative estimate of drug-likeness (QED) is 0.720. The number of ether oxygens (including phenoxy) is 1. The third-order valence-corrected chi connectivity index (χ3v) is 4.00. The van der Waals surface area contributed by atoms with Crippen LogP contribution in [0, 0.1) is 0 Å². The molecule has 1 saturated carbocycles. The molecule has 0 aromatic carbocycles. The molecule has 1 aliphatic carbocycles. The number of hydrogen-bond donors (Lipinski definition) is 0. The summed E-state index contributed by atoms with van der Waals surface area (Å²) in [7, 11) is 1.74. The Kier molecular flexibility index (Phi) is 5.16. The third-order valence-electron chi connectivity index (χ3n) is 3.59. The summed E-state index contributed by atoms with van der Waals surface area (Å²) >= 11 is 3.51. The lowest BCUT2D eigenvalue weighted by molar-refractivity contribution is 0.203. The van der Waals surface area contributed by atoms with E-state index in [1.54, 1.807) is 7.11 Å². The van der Waals surface area contributed by atoms with Gasteiger partial charge in [-0.1, -0.05) is 6.92 Å². The zero-order chi connectivity index (χ0) is 13.8. The van der Waals surface area contributed by atoms with Gasteiger partial charge in [-0.05, 0) is 42.1 Å². The second-order valence-electron chi connectivity index (χ2n) is 5.12. The van der Waals surface area contributed by atoms with Gasteiger partial charge in [-0.15, -0.1) is 0 Å². The third kappa shape index (κ3) is 3.89. The molecule has 1 aromatic rings. The van der Waals surface area contributed by atoms with Crippen molar-refractivity contribution in [1.29, 1.82) is 0 Å². The van der Waals surface area contributed by atoms with Crippen LogP contribution in [0.5, 0.6) is 0 Å². The van der Waals surface area contributed by atoms with Gasteiger partial charge in [-0.2, -0.15) is 0 Å². The van der Waals surface area contributed by atoms with Crippen molar-refractivity contribution in [3.63, 3.8) is 0 Å². The van der Waals surface area contributed by atoms with Crippen molar-refractivity contribution in [2.75, 3.05) is 25.2 Å². The van der Waals surface area contributed by atoms with Gasteiger partial charge in [0.25, 0.3) is 0 Å². The first-order valence-electron chi connectivity index (χ1n) is 6.95. The molecule has 0 bridgehead atoms. The van der Waals surface area contributed by atoms with Gasteiger partial charge in [-0.3, -0.25) is 0 Å². The summed E-state index contributed by atoms with van der Waals surface area (Å²) in [6.07, 6.45) is 3.53. The monoisotopic (exact) mass is 327 g/mol. The lowest BCUT2D eigenvalue weighted by Crippen LogP contribution is -2.36. The molecule has 19 heavy (non-hydrogen) atoms. The van der Waals surface area contributed by atoms with E-state index < -0.39 is 0 Å². The van der Waals surface area contributed by atoms with E-state index in [1.165, 1.54) is 12.8 Å². The first-order valence-corrected chi connectivity index (χ1v) is 7.75. The van der Waals surface area contributed by atoms with Crippen LogP contribution >= 0.6 is 15.9 Å². The summed E-state index contributed by atoms with van der Waals surface area (Å²) in [5.41, 5.74) is 0. The Balaban J connectivity index is 2.23. The maximum absolute atomic E-state index is 5.21. The molecule has 0 N–H and O–H groups in total. The minimum absolute atomic E-state index is 0.448. The number of methoxy groups -OCH3 is 1. The van der Waals surface area contributed by atoms with Crippen molar-refractivity contribution in [1.82, 2.24) is 9.97 Å². The van der Waals surface area contributed by atoms with E-state index in [-0.39, 0.29) is 0 Å². The van der Waals surface area contributed by atoms with Gasteiger partial charge in [0.15, 0.2) is 0 Å². The first kappa shape index (κ1) is 14.7. The molecule has 1 aromatic heterocycles. The predicted molar refractivity (Wildman–Crippen MR) is 80.7 cm³/mol. The fourth-order valence-corrected chi connectivity index (χ4v) is 2.45. The van der Waals surface area contributed by atoms with Crippen molar-refractivity contribution in [2.45, 2.75) is 45.1 Å². The number of anilines is 1. The lowest BCUT2D eigenvalue weighted by Gasteiger charge is -2.29. The minimum atomic E-state index is 0.448. The Bertz CT molecular complexity index is 423. The molecule has 106 valence electrons. The number of rotatable bonds is 7. The number of halogens is 1. The number of hydrogen-bond acceptors (Lipinski definition) is 4. The molecule has 2 rings (SSSR count). The first-order chi connectivity index (χ1) is 9.15. The summed E-state index contributed by atoms with van der Waals surface area (Å²) < 4.78 is 6.09. The Hall–Kier alpha value is -0.680. The summed E-state index contributed by atoms with van der Waals surface area (Å²) in [4.78, 5) is 11.5. The highest BCUT2D eigenvalue weighted by molar-refractivity contribution is 9.10. The second-order valence-corrected chi connectivity index (χ2v) is 5.94. The van der Waals surface area contributed by atoms with E-state index >= 15 is 0 Å². The van der Waals surface area contributed by atoms with E-state index in [9.17, 15) is 0 Å². The fraction of sp³-hybridized carbons (Fsp3) is 0.714. The molecule has 0 saturated heterocycles. The van der Waals surface area contributed by atoms with Crippen LogP contribution in [0.2, 0.25) is 0 Å². The predicted octanol–water partition coefficient (Wildman–Crippen LogP) is 3.37. The maximum Gasteiger partial charge on any atom is 0.135 e. The molecule has 1 fully saturated rings. The molecule has 1 unspecified atom stereocenters. The van der Waals surface area contributed by atoms with Crippen molar-refractivity contribution >= 4 is 21.7 Å². The Morgan fingerprint density at radius 2 is 2.21 bits per heavy atom. The van der Waals surface area contributed by atoms with Crippen LogP contribution in [-0.2, 0) is 4.74 Å². The van der Waals surface area contributed by atoms with Crippen LogP contribution in [0.15, 0.2) is 10.7 Å². The topological polar surface area (TPSA) is 38.2 Å². The van der Waals surface area contributed by atoms with Crippen molar-refractivity contribution in [3.8, 4) is 0 Å². The molecule has 1 atom stereocenters. The van der Waals surface area contributed by atoms with Gasteiger partial charge in [0.05, 0.1) is 6.61 Å². The van der Waals surface area contributed by atoms with Crippen molar-refractivity contribution in [2.24, 2.45) is 0 Å². The van der Waals surface area contributed by atoms with Gasteiger partial charge < -0.3 is 9.64 Å². The molecule has 0 radical (unpaired) electrons. The molecular formula is C14H22BrN3O. The van der Waals surface area contributed by atoms with Gasteiger partial charge in [0, 0.05) is 31.7 Å². The molecular weight excluding hydrogens is 306 g/mol. The molecule has 1 heterocycles. The molecule has 0 amide bonds. The van der Waals surface area contributed by atoms with Crippen LogP contribution in [0.1, 0.15) is 44.9 Å². The van der Waals surface area contributed by atoms with Crippen LogP contribution in [0.3, 0.4) is 0 Å². The van der Waals surface area contributed by atoms with Gasteiger partial charge in [0.1, 0.15) is 16.2 Å². The largest absolute Gasteiger partial charge is 0.383 e. The molecule has 1 aliphatic rings. The average molecular weight is 328 g/mol. The standard InChI is InChI=1S/C14H22BrN3O/c1-4-10(2)18(7-8-19-3)13-9-12(15)16-14(17-13)11-5-6-11/h9-11H,4-8H2,1-3H3. The summed E-state index contributed by atoms with van der Waals surface area (Å²) in [5, 5.41) is 0.